The third-order valence-electron chi connectivity index (χ3n) is 5.56. The second-order valence-electron chi connectivity index (χ2n) is 7.96. The molecule has 3 aromatic rings. The van der Waals surface area contributed by atoms with E-state index in [9.17, 15) is 18.0 Å². The molecule has 0 spiro atoms. The first kappa shape index (κ1) is 24.7. The SMILES string of the molecule is COC1CCC(ONC(=O)c2ccc(-c3cn(-c4ccc(OC(F)(F)F)cc4)cn3)cc2)O[C@H]1C. The number of aromatic nitrogens is 2. The van der Waals surface area contributed by atoms with Crippen LogP contribution in [0, 0.1) is 0 Å². The number of benzene rings is 2. The summed E-state index contributed by atoms with van der Waals surface area (Å²) in [6.07, 6.45) is -0.777. The van der Waals surface area contributed by atoms with E-state index >= 15 is 0 Å². The molecule has 2 heterocycles. The fourth-order valence-electron chi connectivity index (χ4n) is 3.73. The molecule has 1 aliphatic heterocycles. The molecule has 1 amide bonds. The van der Waals surface area contributed by atoms with Gasteiger partial charge in [-0.15, -0.1) is 13.2 Å². The lowest BCUT2D eigenvalue weighted by Crippen LogP contribution is -2.42. The van der Waals surface area contributed by atoms with Crippen LogP contribution in [0.1, 0.15) is 30.1 Å². The summed E-state index contributed by atoms with van der Waals surface area (Å²) in [6.45, 7) is 1.89. The molecule has 1 saturated heterocycles. The standard InChI is InChI=1S/C24H24F3N3O5/c1-15-21(32-2)11-12-22(33-15)35-29-23(31)17-5-3-16(4-6-17)20-13-30(14-28-20)18-7-9-19(10-8-18)34-24(25,26)27/h3-10,13-15,21-22H,11-12H2,1-2H3,(H,29,31)/t15-,21?,22?/m0/s1. The van der Waals surface area contributed by atoms with Crippen molar-refractivity contribution in [3.8, 4) is 22.7 Å². The lowest BCUT2D eigenvalue weighted by Gasteiger charge is -2.33. The van der Waals surface area contributed by atoms with Gasteiger partial charge in [-0.2, -0.15) is 0 Å². The molecule has 1 N–H and O–H groups in total. The summed E-state index contributed by atoms with van der Waals surface area (Å²) < 4.78 is 53.5. The number of halogens is 3. The Kier molecular flexibility index (Phi) is 7.39. The maximum Gasteiger partial charge on any atom is 0.573 e. The number of methoxy groups -OCH3 is 1. The molecule has 1 fully saturated rings. The zero-order valence-electron chi connectivity index (χ0n) is 19.0. The minimum absolute atomic E-state index is 0.00402. The molecular weight excluding hydrogens is 467 g/mol. The molecular formula is C24H24F3N3O5. The Balaban J connectivity index is 1.34. The highest BCUT2D eigenvalue weighted by atomic mass is 19.4. The molecule has 11 heteroatoms. The highest BCUT2D eigenvalue weighted by Gasteiger charge is 2.31. The first-order valence-corrected chi connectivity index (χ1v) is 10.9. The van der Waals surface area contributed by atoms with Crippen LogP contribution < -0.4 is 10.2 Å². The number of nitrogens with one attached hydrogen (secondary N) is 1. The minimum atomic E-state index is -4.74. The van der Waals surface area contributed by atoms with Crippen molar-refractivity contribution < 1.29 is 37.0 Å². The van der Waals surface area contributed by atoms with E-state index < -0.39 is 18.6 Å². The number of hydrogen-bond acceptors (Lipinski definition) is 6. The summed E-state index contributed by atoms with van der Waals surface area (Å²) >= 11 is 0. The van der Waals surface area contributed by atoms with Gasteiger partial charge in [0.2, 0.25) is 0 Å². The van der Waals surface area contributed by atoms with E-state index in [2.05, 4.69) is 15.2 Å². The molecule has 35 heavy (non-hydrogen) atoms. The number of nitrogens with zero attached hydrogens (tertiary/aromatic N) is 2. The van der Waals surface area contributed by atoms with Gasteiger partial charge in [-0.25, -0.2) is 15.3 Å². The van der Waals surface area contributed by atoms with Gasteiger partial charge in [0.05, 0.1) is 24.2 Å². The van der Waals surface area contributed by atoms with Crippen molar-refractivity contribution in [2.45, 2.75) is 44.6 Å². The number of amides is 1. The van der Waals surface area contributed by atoms with Crippen LogP contribution >= 0.6 is 0 Å². The van der Waals surface area contributed by atoms with Crippen LogP contribution in [0.3, 0.4) is 0 Å². The van der Waals surface area contributed by atoms with Crippen LogP contribution in [-0.4, -0.2) is 47.4 Å². The van der Waals surface area contributed by atoms with Crippen LogP contribution in [0.4, 0.5) is 13.2 Å². The number of ether oxygens (including phenoxy) is 3. The van der Waals surface area contributed by atoms with Crippen LogP contribution in [0.25, 0.3) is 16.9 Å². The summed E-state index contributed by atoms with van der Waals surface area (Å²) in [6, 6.07) is 12.2. The lowest BCUT2D eigenvalue weighted by molar-refractivity contribution is -0.274. The first-order chi connectivity index (χ1) is 16.7. The van der Waals surface area contributed by atoms with Gasteiger partial charge in [0.25, 0.3) is 5.91 Å². The molecule has 2 aromatic carbocycles. The van der Waals surface area contributed by atoms with E-state index in [4.69, 9.17) is 14.3 Å². The van der Waals surface area contributed by atoms with E-state index in [0.29, 0.717) is 23.4 Å². The molecule has 0 bridgehead atoms. The molecule has 4 rings (SSSR count). The van der Waals surface area contributed by atoms with E-state index in [1.54, 1.807) is 48.5 Å². The van der Waals surface area contributed by atoms with Gasteiger partial charge >= 0.3 is 6.36 Å². The molecule has 8 nitrogen and oxygen atoms in total. The van der Waals surface area contributed by atoms with Crippen molar-refractivity contribution in [2.24, 2.45) is 0 Å². The van der Waals surface area contributed by atoms with E-state index in [1.807, 2.05) is 6.92 Å². The van der Waals surface area contributed by atoms with Crippen LogP contribution in [0.15, 0.2) is 61.1 Å². The van der Waals surface area contributed by atoms with Crippen LogP contribution in [-0.2, 0) is 14.3 Å². The minimum Gasteiger partial charge on any atom is -0.406 e. The first-order valence-electron chi connectivity index (χ1n) is 10.9. The Morgan fingerprint density at radius 1 is 1.11 bits per heavy atom. The van der Waals surface area contributed by atoms with Crippen molar-refractivity contribution in [3.05, 3.63) is 66.6 Å². The smallest absolute Gasteiger partial charge is 0.406 e. The van der Waals surface area contributed by atoms with Crippen LogP contribution in [0.5, 0.6) is 5.75 Å². The Labute approximate surface area is 199 Å². The Morgan fingerprint density at radius 2 is 1.83 bits per heavy atom. The summed E-state index contributed by atoms with van der Waals surface area (Å²) in [5.74, 6) is -0.712. The number of rotatable bonds is 7. The normalized spacial score (nSPS) is 20.4. The summed E-state index contributed by atoms with van der Waals surface area (Å²) in [4.78, 5) is 22.2. The van der Waals surface area contributed by atoms with Gasteiger partial charge in [-0.3, -0.25) is 4.79 Å². The Hall–Kier alpha value is -3.41. The maximum atomic E-state index is 12.4. The summed E-state index contributed by atoms with van der Waals surface area (Å²) in [5.41, 5.74) is 4.81. The van der Waals surface area contributed by atoms with Gasteiger partial charge in [-0.1, -0.05) is 12.1 Å². The molecule has 1 aliphatic rings. The van der Waals surface area contributed by atoms with Gasteiger partial charge in [-0.05, 0) is 49.7 Å². The highest BCUT2D eigenvalue weighted by Crippen LogP contribution is 2.25. The summed E-state index contributed by atoms with van der Waals surface area (Å²) in [7, 11) is 1.63. The van der Waals surface area contributed by atoms with Gasteiger partial charge in [0, 0.05) is 36.5 Å². The molecule has 0 saturated carbocycles. The number of alkyl halides is 3. The van der Waals surface area contributed by atoms with E-state index in [0.717, 1.165) is 12.0 Å². The highest BCUT2D eigenvalue weighted by molar-refractivity contribution is 5.93. The fraction of sp³-hybridized carbons (Fsp3) is 0.333. The Bertz CT molecular complexity index is 1130. The zero-order chi connectivity index (χ0) is 25.0. The quantitative estimate of drug-likeness (QED) is 0.485. The van der Waals surface area contributed by atoms with Crippen molar-refractivity contribution in [2.75, 3.05) is 7.11 Å². The molecule has 0 aliphatic carbocycles. The largest absolute Gasteiger partial charge is 0.573 e. The van der Waals surface area contributed by atoms with Crippen molar-refractivity contribution in [1.82, 2.24) is 15.0 Å². The van der Waals surface area contributed by atoms with E-state index in [1.165, 1.54) is 24.3 Å². The number of carbonyl (C=O) groups is 1. The zero-order valence-corrected chi connectivity index (χ0v) is 19.0. The predicted molar refractivity (Wildman–Crippen MR) is 119 cm³/mol. The average molecular weight is 491 g/mol. The molecule has 2 unspecified atom stereocenters. The third kappa shape index (κ3) is 6.38. The molecule has 186 valence electrons. The predicted octanol–water partition coefficient (Wildman–Crippen LogP) is 4.64. The monoisotopic (exact) mass is 491 g/mol. The number of hydrogen-bond donors (Lipinski definition) is 1. The number of imidazole rings is 1. The van der Waals surface area contributed by atoms with Crippen LogP contribution in [0.2, 0.25) is 0 Å². The van der Waals surface area contributed by atoms with Gasteiger partial charge in [0.15, 0.2) is 6.29 Å². The second-order valence-corrected chi connectivity index (χ2v) is 7.96. The lowest BCUT2D eigenvalue weighted by atomic mass is 10.1. The maximum absolute atomic E-state index is 12.4. The number of hydroxylamine groups is 1. The third-order valence-corrected chi connectivity index (χ3v) is 5.56. The van der Waals surface area contributed by atoms with Gasteiger partial charge in [0.1, 0.15) is 5.75 Å². The fourth-order valence-corrected chi connectivity index (χ4v) is 3.73. The van der Waals surface area contributed by atoms with Crippen molar-refractivity contribution in [1.29, 1.82) is 0 Å². The second kappa shape index (κ2) is 10.5. The van der Waals surface area contributed by atoms with Gasteiger partial charge < -0.3 is 18.8 Å². The molecule has 0 radical (unpaired) electrons. The number of carbonyl (C=O) groups excluding carboxylic acids is 1. The van der Waals surface area contributed by atoms with Crippen molar-refractivity contribution in [3.63, 3.8) is 0 Å². The average Bonchev–Trinajstić information content (AvgIpc) is 3.32. The van der Waals surface area contributed by atoms with Crippen molar-refractivity contribution >= 4 is 5.91 Å². The van der Waals surface area contributed by atoms with E-state index in [-0.39, 0.29) is 18.0 Å². The topological polar surface area (TPSA) is 83.8 Å². The Morgan fingerprint density at radius 3 is 2.46 bits per heavy atom. The summed E-state index contributed by atoms with van der Waals surface area (Å²) in [5, 5.41) is 0. The molecule has 3 atom stereocenters. The molecule has 1 aromatic heterocycles.